The van der Waals surface area contributed by atoms with Crippen molar-refractivity contribution in [2.45, 2.75) is 18.6 Å². The van der Waals surface area contributed by atoms with Crippen molar-refractivity contribution in [3.05, 3.63) is 34.6 Å². The van der Waals surface area contributed by atoms with Crippen LogP contribution in [-0.4, -0.2) is 32.0 Å². The Kier molecular flexibility index (Phi) is 4.34. The van der Waals surface area contributed by atoms with Gasteiger partial charge in [0.25, 0.3) is 0 Å². The standard InChI is InChI=1S/C12H15ClFNO2/c13-10-6-9(14)2-1-8(10)5-11(15)12-7-16-3-4-17-12/h1-2,6,11-12H,3-5,7,15H2. The number of hydrogen-bond acceptors (Lipinski definition) is 3. The van der Waals surface area contributed by atoms with Crippen molar-refractivity contribution < 1.29 is 13.9 Å². The summed E-state index contributed by atoms with van der Waals surface area (Å²) < 4.78 is 23.7. The van der Waals surface area contributed by atoms with E-state index in [-0.39, 0.29) is 18.0 Å². The Morgan fingerprint density at radius 3 is 2.94 bits per heavy atom. The molecule has 1 saturated heterocycles. The molecule has 0 bridgehead atoms. The zero-order valence-electron chi connectivity index (χ0n) is 9.36. The Balaban J connectivity index is 1.99. The molecule has 1 aromatic rings. The van der Waals surface area contributed by atoms with Gasteiger partial charge >= 0.3 is 0 Å². The highest BCUT2D eigenvalue weighted by molar-refractivity contribution is 6.31. The van der Waals surface area contributed by atoms with Gasteiger partial charge in [0, 0.05) is 11.1 Å². The molecule has 0 aromatic heterocycles. The minimum atomic E-state index is -0.343. The van der Waals surface area contributed by atoms with Crippen LogP contribution >= 0.6 is 11.6 Å². The van der Waals surface area contributed by atoms with Crippen LogP contribution in [-0.2, 0) is 15.9 Å². The minimum Gasteiger partial charge on any atom is -0.376 e. The lowest BCUT2D eigenvalue weighted by molar-refractivity contribution is -0.0967. The molecule has 0 radical (unpaired) electrons. The quantitative estimate of drug-likeness (QED) is 0.900. The third-order valence-electron chi connectivity index (χ3n) is 2.79. The molecule has 2 rings (SSSR count). The summed E-state index contributed by atoms with van der Waals surface area (Å²) in [4.78, 5) is 0. The first kappa shape index (κ1) is 12.8. The van der Waals surface area contributed by atoms with Gasteiger partial charge < -0.3 is 15.2 Å². The largest absolute Gasteiger partial charge is 0.376 e. The van der Waals surface area contributed by atoms with E-state index in [0.29, 0.717) is 31.3 Å². The van der Waals surface area contributed by atoms with E-state index in [0.717, 1.165) is 5.56 Å². The maximum atomic E-state index is 12.9. The summed E-state index contributed by atoms with van der Waals surface area (Å²) in [6.07, 6.45) is 0.428. The predicted molar refractivity (Wildman–Crippen MR) is 63.6 cm³/mol. The van der Waals surface area contributed by atoms with Crippen LogP contribution in [0.2, 0.25) is 5.02 Å². The number of halogens is 2. The summed E-state index contributed by atoms with van der Waals surface area (Å²) >= 11 is 5.94. The second-order valence-corrected chi connectivity index (χ2v) is 4.50. The fourth-order valence-corrected chi connectivity index (χ4v) is 2.07. The van der Waals surface area contributed by atoms with Gasteiger partial charge in [0.15, 0.2) is 0 Å². The lowest BCUT2D eigenvalue weighted by atomic mass is 10.0. The highest BCUT2D eigenvalue weighted by Gasteiger charge is 2.22. The first-order valence-electron chi connectivity index (χ1n) is 5.55. The van der Waals surface area contributed by atoms with Crippen molar-refractivity contribution in [2.24, 2.45) is 5.73 Å². The van der Waals surface area contributed by atoms with Gasteiger partial charge in [-0.05, 0) is 24.1 Å². The molecule has 0 spiro atoms. The SMILES string of the molecule is NC(Cc1ccc(F)cc1Cl)C1COCCO1. The van der Waals surface area contributed by atoms with Crippen molar-refractivity contribution in [2.75, 3.05) is 19.8 Å². The van der Waals surface area contributed by atoms with E-state index in [9.17, 15) is 4.39 Å². The fraction of sp³-hybridized carbons (Fsp3) is 0.500. The number of nitrogens with two attached hydrogens (primary N) is 1. The van der Waals surface area contributed by atoms with Crippen LogP contribution in [0.1, 0.15) is 5.56 Å². The van der Waals surface area contributed by atoms with E-state index in [1.807, 2.05) is 0 Å². The topological polar surface area (TPSA) is 44.5 Å². The molecular formula is C12H15ClFNO2. The molecule has 3 nitrogen and oxygen atoms in total. The maximum absolute atomic E-state index is 12.9. The van der Waals surface area contributed by atoms with Crippen LogP contribution in [0.15, 0.2) is 18.2 Å². The van der Waals surface area contributed by atoms with Gasteiger partial charge in [0.2, 0.25) is 0 Å². The number of hydrogen-bond donors (Lipinski definition) is 1. The highest BCUT2D eigenvalue weighted by atomic mass is 35.5. The van der Waals surface area contributed by atoms with Gasteiger partial charge in [0.1, 0.15) is 5.82 Å². The lowest BCUT2D eigenvalue weighted by Crippen LogP contribution is -2.44. The van der Waals surface area contributed by atoms with E-state index in [4.69, 9.17) is 26.8 Å². The van der Waals surface area contributed by atoms with E-state index < -0.39 is 0 Å². The van der Waals surface area contributed by atoms with Gasteiger partial charge in [0.05, 0.1) is 25.9 Å². The molecule has 1 aliphatic rings. The monoisotopic (exact) mass is 259 g/mol. The van der Waals surface area contributed by atoms with Crippen LogP contribution in [0.3, 0.4) is 0 Å². The van der Waals surface area contributed by atoms with Gasteiger partial charge in [-0.1, -0.05) is 17.7 Å². The number of rotatable bonds is 3. The van der Waals surface area contributed by atoms with Gasteiger partial charge in [-0.15, -0.1) is 0 Å². The Morgan fingerprint density at radius 2 is 2.29 bits per heavy atom. The summed E-state index contributed by atoms with van der Waals surface area (Å²) in [7, 11) is 0. The van der Waals surface area contributed by atoms with Crippen molar-refractivity contribution >= 4 is 11.6 Å². The minimum absolute atomic E-state index is 0.120. The van der Waals surface area contributed by atoms with Crippen molar-refractivity contribution in [3.63, 3.8) is 0 Å². The predicted octanol–water partition coefficient (Wildman–Crippen LogP) is 1.76. The Hall–Kier alpha value is -0.680. The fourth-order valence-electron chi connectivity index (χ4n) is 1.83. The van der Waals surface area contributed by atoms with Gasteiger partial charge in [-0.2, -0.15) is 0 Å². The average molecular weight is 260 g/mol. The Bertz CT molecular complexity index is 383. The molecule has 2 unspecified atom stereocenters. The van der Waals surface area contributed by atoms with Crippen LogP contribution in [0.25, 0.3) is 0 Å². The zero-order chi connectivity index (χ0) is 12.3. The molecule has 2 N–H and O–H groups in total. The van der Waals surface area contributed by atoms with Crippen molar-refractivity contribution in [1.29, 1.82) is 0 Å². The summed E-state index contributed by atoms with van der Waals surface area (Å²) in [5.41, 5.74) is 6.86. The third kappa shape index (κ3) is 3.39. The lowest BCUT2D eigenvalue weighted by Gasteiger charge is -2.28. The van der Waals surface area contributed by atoms with Crippen LogP contribution < -0.4 is 5.73 Å². The van der Waals surface area contributed by atoms with E-state index >= 15 is 0 Å². The van der Waals surface area contributed by atoms with Gasteiger partial charge in [-0.25, -0.2) is 4.39 Å². The summed E-state index contributed by atoms with van der Waals surface area (Å²) in [5, 5.41) is 0.400. The highest BCUT2D eigenvalue weighted by Crippen LogP contribution is 2.20. The first-order chi connectivity index (χ1) is 8.16. The van der Waals surface area contributed by atoms with E-state index in [1.54, 1.807) is 6.07 Å². The average Bonchev–Trinajstić information content (AvgIpc) is 2.34. The molecule has 1 fully saturated rings. The van der Waals surface area contributed by atoms with E-state index in [1.165, 1.54) is 12.1 Å². The van der Waals surface area contributed by atoms with Gasteiger partial charge in [-0.3, -0.25) is 0 Å². The number of benzene rings is 1. The molecule has 0 saturated carbocycles. The summed E-state index contributed by atoms with van der Waals surface area (Å²) in [6.45, 7) is 1.68. The zero-order valence-corrected chi connectivity index (χ0v) is 10.1. The smallest absolute Gasteiger partial charge is 0.124 e. The molecule has 2 atom stereocenters. The molecular weight excluding hydrogens is 245 g/mol. The molecule has 1 aliphatic heterocycles. The molecule has 17 heavy (non-hydrogen) atoms. The summed E-state index contributed by atoms with van der Waals surface area (Å²) in [5.74, 6) is -0.343. The second kappa shape index (κ2) is 5.78. The number of ether oxygens (including phenoxy) is 2. The van der Waals surface area contributed by atoms with Crippen LogP contribution in [0.4, 0.5) is 4.39 Å². The molecule has 1 aromatic carbocycles. The van der Waals surface area contributed by atoms with Crippen molar-refractivity contribution in [3.8, 4) is 0 Å². The van der Waals surface area contributed by atoms with Crippen LogP contribution in [0, 0.1) is 5.82 Å². The molecule has 1 heterocycles. The maximum Gasteiger partial charge on any atom is 0.124 e. The molecule has 0 aliphatic carbocycles. The second-order valence-electron chi connectivity index (χ2n) is 4.09. The Labute approximate surface area is 105 Å². The van der Waals surface area contributed by atoms with Crippen molar-refractivity contribution in [1.82, 2.24) is 0 Å². The summed E-state index contributed by atoms with van der Waals surface area (Å²) in [6, 6.07) is 4.13. The normalized spacial score (nSPS) is 22.4. The Morgan fingerprint density at radius 1 is 1.47 bits per heavy atom. The van der Waals surface area contributed by atoms with Crippen LogP contribution in [0.5, 0.6) is 0 Å². The molecule has 0 amide bonds. The molecule has 5 heteroatoms. The first-order valence-corrected chi connectivity index (χ1v) is 5.93. The van der Waals surface area contributed by atoms with E-state index in [2.05, 4.69) is 0 Å². The molecule has 94 valence electrons. The third-order valence-corrected chi connectivity index (χ3v) is 3.14.